The lowest BCUT2D eigenvalue weighted by Crippen LogP contribution is -2.08. The molecule has 1 aromatic carbocycles. The number of ether oxygens (including phenoxy) is 2. The summed E-state index contributed by atoms with van der Waals surface area (Å²) in [5, 5.41) is 16.8. The van der Waals surface area contributed by atoms with Gasteiger partial charge in [-0.05, 0) is 31.9 Å². The molecule has 0 aliphatic heterocycles. The number of nitriles is 1. The summed E-state index contributed by atoms with van der Waals surface area (Å²) in [7, 11) is 1.59. The van der Waals surface area contributed by atoms with Crippen LogP contribution in [0.5, 0.6) is 5.75 Å². The van der Waals surface area contributed by atoms with Crippen LogP contribution in [0.15, 0.2) is 24.3 Å². The van der Waals surface area contributed by atoms with E-state index in [4.69, 9.17) is 14.7 Å². The van der Waals surface area contributed by atoms with Crippen molar-refractivity contribution in [2.45, 2.75) is 32.9 Å². The Labute approximate surface area is 130 Å². The Balaban J connectivity index is 1.76. The van der Waals surface area contributed by atoms with Crippen molar-refractivity contribution in [2.75, 3.05) is 13.7 Å². The van der Waals surface area contributed by atoms with E-state index in [0.29, 0.717) is 25.5 Å². The third kappa shape index (κ3) is 4.30. The van der Waals surface area contributed by atoms with Crippen molar-refractivity contribution >= 4 is 0 Å². The molecule has 2 rings (SSSR count). The van der Waals surface area contributed by atoms with E-state index in [2.05, 4.69) is 17.2 Å². The van der Waals surface area contributed by atoms with Gasteiger partial charge in [-0.1, -0.05) is 22.9 Å². The zero-order valence-electron chi connectivity index (χ0n) is 13.0. The summed E-state index contributed by atoms with van der Waals surface area (Å²) in [5.41, 5.74) is 2.28. The molecule has 0 unspecified atom stereocenters. The molecule has 0 fully saturated rings. The third-order valence-electron chi connectivity index (χ3n) is 3.28. The molecule has 0 radical (unpaired) electrons. The molecule has 116 valence electrons. The number of hydrogen-bond acceptors (Lipinski definition) is 5. The molecule has 0 spiro atoms. The standard InChI is InChI=1S/C16H20N4O2/c1-13-5-7-14(8-6-13)22-10-4-3-9-20-16(12-21-2)15(11-17)18-19-20/h5-8H,3-4,9-10,12H2,1-2H3. The highest BCUT2D eigenvalue weighted by molar-refractivity contribution is 5.26. The minimum absolute atomic E-state index is 0.331. The van der Waals surface area contributed by atoms with Gasteiger partial charge in [-0.2, -0.15) is 5.26 Å². The fourth-order valence-corrected chi connectivity index (χ4v) is 2.07. The lowest BCUT2D eigenvalue weighted by molar-refractivity contribution is 0.175. The van der Waals surface area contributed by atoms with Gasteiger partial charge in [-0.15, -0.1) is 5.10 Å². The van der Waals surface area contributed by atoms with E-state index in [-0.39, 0.29) is 0 Å². The fraction of sp³-hybridized carbons (Fsp3) is 0.438. The monoisotopic (exact) mass is 300 g/mol. The molecule has 0 atom stereocenters. The van der Waals surface area contributed by atoms with Gasteiger partial charge >= 0.3 is 0 Å². The summed E-state index contributed by atoms with van der Waals surface area (Å²) in [6.07, 6.45) is 1.80. The van der Waals surface area contributed by atoms with Crippen molar-refractivity contribution in [3.05, 3.63) is 41.2 Å². The van der Waals surface area contributed by atoms with Gasteiger partial charge < -0.3 is 9.47 Å². The largest absolute Gasteiger partial charge is 0.494 e. The fourth-order valence-electron chi connectivity index (χ4n) is 2.07. The predicted molar refractivity (Wildman–Crippen MR) is 81.4 cm³/mol. The second-order valence-corrected chi connectivity index (χ2v) is 5.02. The maximum Gasteiger partial charge on any atom is 0.188 e. The second kappa shape index (κ2) is 8.15. The number of aryl methyl sites for hydroxylation is 2. The van der Waals surface area contributed by atoms with Crippen molar-refractivity contribution in [3.8, 4) is 11.8 Å². The topological polar surface area (TPSA) is 73.0 Å². The lowest BCUT2D eigenvalue weighted by atomic mass is 10.2. The van der Waals surface area contributed by atoms with Crippen LogP contribution >= 0.6 is 0 Å². The molecule has 0 aliphatic carbocycles. The number of rotatable bonds is 8. The van der Waals surface area contributed by atoms with Gasteiger partial charge in [0.15, 0.2) is 5.69 Å². The van der Waals surface area contributed by atoms with Crippen LogP contribution in [0.2, 0.25) is 0 Å². The number of aromatic nitrogens is 3. The molecular formula is C16H20N4O2. The second-order valence-electron chi connectivity index (χ2n) is 5.02. The molecular weight excluding hydrogens is 280 g/mol. The Hall–Kier alpha value is -2.39. The van der Waals surface area contributed by atoms with E-state index in [0.717, 1.165) is 24.3 Å². The molecule has 2 aromatic rings. The predicted octanol–water partition coefficient (Wildman–Crippen LogP) is 2.46. The third-order valence-corrected chi connectivity index (χ3v) is 3.28. The van der Waals surface area contributed by atoms with Crippen molar-refractivity contribution in [3.63, 3.8) is 0 Å². The average molecular weight is 300 g/mol. The van der Waals surface area contributed by atoms with Gasteiger partial charge in [0, 0.05) is 13.7 Å². The molecule has 0 N–H and O–H groups in total. The van der Waals surface area contributed by atoms with Gasteiger partial charge in [-0.3, -0.25) is 0 Å². The number of hydrogen-bond donors (Lipinski definition) is 0. The highest BCUT2D eigenvalue weighted by Gasteiger charge is 2.11. The minimum atomic E-state index is 0.331. The van der Waals surface area contributed by atoms with Gasteiger partial charge in [0.1, 0.15) is 17.5 Å². The van der Waals surface area contributed by atoms with E-state index < -0.39 is 0 Å². The van der Waals surface area contributed by atoms with E-state index in [1.165, 1.54) is 5.56 Å². The van der Waals surface area contributed by atoms with Crippen molar-refractivity contribution in [1.29, 1.82) is 5.26 Å². The van der Waals surface area contributed by atoms with Crippen LogP contribution in [0, 0.1) is 18.3 Å². The molecule has 1 heterocycles. The van der Waals surface area contributed by atoms with Crippen LogP contribution in [-0.2, 0) is 17.9 Å². The number of benzene rings is 1. The average Bonchev–Trinajstić information content (AvgIpc) is 2.91. The van der Waals surface area contributed by atoms with E-state index >= 15 is 0 Å². The summed E-state index contributed by atoms with van der Waals surface area (Å²) < 4.78 is 12.5. The van der Waals surface area contributed by atoms with Crippen LogP contribution in [0.4, 0.5) is 0 Å². The maximum absolute atomic E-state index is 8.97. The van der Waals surface area contributed by atoms with Gasteiger partial charge in [0.05, 0.1) is 13.2 Å². The summed E-state index contributed by atoms with van der Waals surface area (Å²) in [4.78, 5) is 0. The van der Waals surface area contributed by atoms with Gasteiger partial charge in [0.25, 0.3) is 0 Å². The molecule has 0 aliphatic rings. The van der Waals surface area contributed by atoms with Gasteiger partial charge in [0.2, 0.25) is 0 Å². The highest BCUT2D eigenvalue weighted by atomic mass is 16.5. The van der Waals surface area contributed by atoms with Crippen LogP contribution in [-0.4, -0.2) is 28.7 Å². The van der Waals surface area contributed by atoms with Crippen molar-refractivity contribution < 1.29 is 9.47 Å². The maximum atomic E-state index is 8.97. The van der Waals surface area contributed by atoms with Crippen LogP contribution in [0.1, 0.15) is 29.8 Å². The quantitative estimate of drug-likeness (QED) is 0.700. The minimum Gasteiger partial charge on any atom is -0.494 e. The first kappa shape index (κ1) is 16.0. The first-order valence-corrected chi connectivity index (χ1v) is 7.25. The molecule has 0 bridgehead atoms. The normalized spacial score (nSPS) is 10.4. The Bertz CT molecular complexity index is 629. The molecule has 0 amide bonds. The van der Waals surface area contributed by atoms with E-state index in [1.807, 2.05) is 30.3 Å². The Morgan fingerprint density at radius 1 is 1.23 bits per heavy atom. The van der Waals surface area contributed by atoms with Gasteiger partial charge in [-0.25, -0.2) is 4.68 Å². The number of nitrogens with zero attached hydrogens (tertiary/aromatic N) is 4. The smallest absolute Gasteiger partial charge is 0.188 e. The molecule has 6 nitrogen and oxygen atoms in total. The molecule has 0 saturated heterocycles. The van der Waals surface area contributed by atoms with Crippen LogP contribution < -0.4 is 4.74 Å². The van der Waals surface area contributed by atoms with Crippen LogP contribution in [0.3, 0.4) is 0 Å². The SMILES string of the molecule is COCc1c(C#N)nnn1CCCCOc1ccc(C)cc1. The number of methoxy groups -OCH3 is 1. The zero-order valence-corrected chi connectivity index (χ0v) is 13.0. The first-order chi connectivity index (χ1) is 10.7. The summed E-state index contributed by atoms with van der Waals surface area (Å²) in [6.45, 7) is 3.75. The Morgan fingerprint density at radius 3 is 2.68 bits per heavy atom. The molecule has 6 heteroatoms. The summed E-state index contributed by atoms with van der Waals surface area (Å²) in [5.74, 6) is 0.887. The van der Waals surface area contributed by atoms with Crippen molar-refractivity contribution in [2.24, 2.45) is 0 Å². The number of unbranched alkanes of at least 4 members (excludes halogenated alkanes) is 1. The summed E-state index contributed by atoms with van der Waals surface area (Å²) >= 11 is 0. The lowest BCUT2D eigenvalue weighted by Gasteiger charge is -2.08. The molecule has 22 heavy (non-hydrogen) atoms. The molecule has 0 saturated carbocycles. The first-order valence-electron chi connectivity index (χ1n) is 7.25. The zero-order chi connectivity index (χ0) is 15.8. The van der Waals surface area contributed by atoms with E-state index in [9.17, 15) is 0 Å². The molecule has 1 aromatic heterocycles. The van der Waals surface area contributed by atoms with Crippen molar-refractivity contribution in [1.82, 2.24) is 15.0 Å². The Kier molecular flexibility index (Phi) is 5.92. The Morgan fingerprint density at radius 2 is 2.00 bits per heavy atom. The van der Waals surface area contributed by atoms with Crippen LogP contribution in [0.25, 0.3) is 0 Å². The summed E-state index contributed by atoms with van der Waals surface area (Å²) in [6, 6.07) is 10.0. The van der Waals surface area contributed by atoms with E-state index in [1.54, 1.807) is 11.8 Å². The highest BCUT2D eigenvalue weighted by Crippen LogP contribution is 2.12.